The quantitative estimate of drug-likeness (QED) is 0.665. The molecule has 0 bridgehead atoms. The standard InChI is InChI=1S/C18H12Cl4N2O2/c19-9-3-1-4-10(20)15(9)17-23-13(7-25-17)14-8-26-18(24-14)16-11(21)5-2-6-12(16)22/h1-6,13-14H,7-8H2/t13-,14-/m1/s1. The highest BCUT2D eigenvalue weighted by Gasteiger charge is 2.34. The molecule has 8 heteroatoms. The molecule has 2 atom stereocenters. The average molecular weight is 430 g/mol. The number of hydrogen-bond donors (Lipinski definition) is 0. The Labute approximate surface area is 170 Å². The van der Waals surface area contributed by atoms with Crippen molar-refractivity contribution in [2.75, 3.05) is 13.2 Å². The summed E-state index contributed by atoms with van der Waals surface area (Å²) in [5, 5.41) is 1.97. The van der Waals surface area contributed by atoms with Crippen LogP contribution >= 0.6 is 46.4 Å². The van der Waals surface area contributed by atoms with Gasteiger partial charge < -0.3 is 9.47 Å². The van der Waals surface area contributed by atoms with Gasteiger partial charge in [-0.3, -0.25) is 0 Å². The minimum absolute atomic E-state index is 0.198. The van der Waals surface area contributed by atoms with Crippen LogP contribution < -0.4 is 0 Å². The molecule has 2 aromatic rings. The first kappa shape index (κ1) is 17.9. The Bertz CT molecular complexity index is 813. The molecular weight excluding hydrogens is 418 g/mol. The summed E-state index contributed by atoms with van der Waals surface area (Å²) in [6.45, 7) is 0.746. The van der Waals surface area contributed by atoms with Crippen LogP contribution in [0.4, 0.5) is 0 Å². The number of aliphatic imine (C=N–C) groups is 2. The zero-order valence-electron chi connectivity index (χ0n) is 13.3. The maximum atomic E-state index is 6.23. The van der Waals surface area contributed by atoms with Crippen molar-refractivity contribution in [1.82, 2.24) is 0 Å². The van der Waals surface area contributed by atoms with E-state index in [0.29, 0.717) is 56.2 Å². The van der Waals surface area contributed by atoms with Crippen molar-refractivity contribution >= 4 is 58.2 Å². The third-order valence-corrected chi connectivity index (χ3v) is 5.41. The first-order chi connectivity index (χ1) is 12.5. The van der Waals surface area contributed by atoms with Crippen molar-refractivity contribution in [2.45, 2.75) is 12.1 Å². The number of ether oxygens (including phenoxy) is 2. The molecule has 0 amide bonds. The topological polar surface area (TPSA) is 43.2 Å². The molecule has 4 nitrogen and oxygen atoms in total. The van der Waals surface area contributed by atoms with Crippen LogP contribution in [0.1, 0.15) is 11.1 Å². The van der Waals surface area contributed by atoms with Crippen LogP contribution in [0.5, 0.6) is 0 Å². The maximum absolute atomic E-state index is 6.23. The first-order valence-corrected chi connectivity index (χ1v) is 9.35. The smallest absolute Gasteiger partial charge is 0.219 e. The molecule has 0 spiro atoms. The number of benzene rings is 2. The summed E-state index contributed by atoms with van der Waals surface area (Å²) in [5.74, 6) is 0.843. The molecule has 2 aliphatic rings. The minimum Gasteiger partial charge on any atom is -0.475 e. The van der Waals surface area contributed by atoms with E-state index in [0.717, 1.165) is 0 Å². The molecule has 0 fully saturated rings. The van der Waals surface area contributed by atoms with Crippen LogP contribution in [0.2, 0.25) is 20.1 Å². The molecule has 0 radical (unpaired) electrons. The highest BCUT2D eigenvalue weighted by atomic mass is 35.5. The Kier molecular flexibility index (Phi) is 5.02. The maximum Gasteiger partial charge on any atom is 0.219 e. The first-order valence-electron chi connectivity index (χ1n) is 7.84. The second-order valence-corrected chi connectivity index (χ2v) is 7.45. The van der Waals surface area contributed by atoms with E-state index in [1.165, 1.54) is 0 Å². The highest BCUT2D eigenvalue weighted by molar-refractivity contribution is 6.40. The van der Waals surface area contributed by atoms with Crippen molar-refractivity contribution in [2.24, 2.45) is 9.98 Å². The van der Waals surface area contributed by atoms with Crippen molar-refractivity contribution in [1.29, 1.82) is 0 Å². The van der Waals surface area contributed by atoms with Gasteiger partial charge in [-0.1, -0.05) is 58.5 Å². The van der Waals surface area contributed by atoms with E-state index in [2.05, 4.69) is 9.98 Å². The highest BCUT2D eigenvalue weighted by Crippen LogP contribution is 2.31. The Morgan fingerprint density at radius 3 is 1.35 bits per heavy atom. The van der Waals surface area contributed by atoms with Crippen molar-refractivity contribution < 1.29 is 9.47 Å². The van der Waals surface area contributed by atoms with E-state index in [4.69, 9.17) is 55.9 Å². The molecule has 0 saturated heterocycles. The van der Waals surface area contributed by atoms with Crippen LogP contribution in [0, 0.1) is 0 Å². The van der Waals surface area contributed by atoms with E-state index in [1.807, 2.05) is 0 Å². The Hall–Kier alpha value is -1.46. The molecule has 2 heterocycles. The molecule has 26 heavy (non-hydrogen) atoms. The number of hydrogen-bond acceptors (Lipinski definition) is 4. The normalized spacial score (nSPS) is 21.8. The van der Waals surface area contributed by atoms with Gasteiger partial charge in [-0.25, -0.2) is 9.98 Å². The number of rotatable bonds is 3. The Balaban J connectivity index is 1.60. The summed E-state index contributed by atoms with van der Waals surface area (Å²) in [6.07, 6.45) is 0. The Morgan fingerprint density at radius 2 is 1.00 bits per heavy atom. The Morgan fingerprint density at radius 1 is 0.654 bits per heavy atom. The summed E-state index contributed by atoms with van der Waals surface area (Å²) in [5.41, 5.74) is 1.19. The largest absolute Gasteiger partial charge is 0.475 e. The SMILES string of the molecule is Clc1cccc(Cl)c1C1=N[C@@H]([C@H]2COC(c3c(Cl)cccc3Cl)=N2)CO1. The van der Waals surface area contributed by atoms with Crippen LogP contribution in [0.3, 0.4) is 0 Å². The lowest BCUT2D eigenvalue weighted by Gasteiger charge is -2.07. The third kappa shape index (κ3) is 3.27. The van der Waals surface area contributed by atoms with Crippen LogP contribution in [-0.4, -0.2) is 37.1 Å². The van der Waals surface area contributed by atoms with Gasteiger partial charge in [-0.2, -0.15) is 0 Å². The molecule has 2 aromatic carbocycles. The predicted octanol–water partition coefficient (Wildman–Crippen LogP) is 5.29. The molecule has 0 aliphatic carbocycles. The van der Waals surface area contributed by atoms with Crippen molar-refractivity contribution in [3.05, 3.63) is 67.6 Å². The summed E-state index contributed by atoms with van der Waals surface area (Å²) in [4.78, 5) is 9.21. The summed E-state index contributed by atoms with van der Waals surface area (Å²) < 4.78 is 11.4. The second kappa shape index (κ2) is 7.28. The van der Waals surface area contributed by atoms with Crippen LogP contribution in [0.25, 0.3) is 0 Å². The van der Waals surface area contributed by atoms with Gasteiger partial charge in [0.05, 0.1) is 31.2 Å². The van der Waals surface area contributed by atoms with Gasteiger partial charge in [0.1, 0.15) is 25.3 Å². The van der Waals surface area contributed by atoms with Crippen LogP contribution in [-0.2, 0) is 9.47 Å². The van der Waals surface area contributed by atoms with E-state index in [-0.39, 0.29) is 12.1 Å². The molecular formula is C18H12Cl4N2O2. The number of nitrogens with zero attached hydrogens (tertiary/aromatic N) is 2. The molecule has 2 aliphatic heterocycles. The van der Waals surface area contributed by atoms with Gasteiger partial charge >= 0.3 is 0 Å². The van der Waals surface area contributed by atoms with Gasteiger partial charge in [-0.15, -0.1) is 0 Å². The van der Waals surface area contributed by atoms with Gasteiger partial charge in [-0.05, 0) is 24.3 Å². The average Bonchev–Trinajstić information content (AvgIpc) is 3.24. The summed E-state index contributed by atoms with van der Waals surface area (Å²) in [7, 11) is 0. The predicted molar refractivity (Wildman–Crippen MR) is 105 cm³/mol. The van der Waals surface area contributed by atoms with E-state index in [9.17, 15) is 0 Å². The van der Waals surface area contributed by atoms with Crippen molar-refractivity contribution in [3.63, 3.8) is 0 Å². The van der Waals surface area contributed by atoms with Gasteiger partial charge in [0.25, 0.3) is 0 Å². The summed E-state index contributed by atoms with van der Waals surface area (Å²) >= 11 is 24.9. The molecule has 4 rings (SSSR count). The minimum atomic E-state index is -0.198. The molecule has 0 unspecified atom stereocenters. The fourth-order valence-corrected chi connectivity index (χ4v) is 3.97. The fraction of sp³-hybridized carbons (Fsp3) is 0.222. The lowest BCUT2D eigenvalue weighted by Crippen LogP contribution is -2.25. The molecule has 134 valence electrons. The number of halogens is 4. The third-order valence-electron chi connectivity index (χ3n) is 4.15. The second-order valence-electron chi connectivity index (χ2n) is 5.82. The van der Waals surface area contributed by atoms with Gasteiger partial charge in [0.15, 0.2) is 0 Å². The lowest BCUT2D eigenvalue weighted by molar-refractivity contribution is 0.263. The van der Waals surface area contributed by atoms with E-state index >= 15 is 0 Å². The van der Waals surface area contributed by atoms with Crippen molar-refractivity contribution in [3.8, 4) is 0 Å². The van der Waals surface area contributed by atoms with E-state index < -0.39 is 0 Å². The zero-order chi connectivity index (χ0) is 18.3. The summed E-state index contributed by atoms with van der Waals surface area (Å²) in [6, 6.07) is 10.1. The van der Waals surface area contributed by atoms with E-state index in [1.54, 1.807) is 36.4 Å². The molecule has 0 aromatic heterocycles. The van der Waals surface area contributed by atoms with Gasteiger partial charge in [0, 0.05) is 0 Å². The lowest BCUT2D eigenvalue weighted by atomic mass is 10.1. The zero-order valence-corrected chi connectivity index (χ0v) is 16.3. The molecule has 0 N–H and O–H groups in total. The fourth-order valence-electron chi connectivity index (χ4n) is 2.85. The monoisotopic (exact) mass is 428 g/mol. The molecule has 0 saturated carbocycles. The van der Waals surface area contributed by atoms with Gasteiger partial charge in [0.2, 0.25) is 11.8 Å². The van der Waals surface area contributed by atoms with Crippen LogP contribution in [0.15, 0.2) is 46.4 Å².